The Balaban J connectivity index is 2.10. The Morgan fingerprint density at radius 1 is 1.24 bits per heavy atom. The second-order valence-corrected chi connectivity index (χ2v) is 4.67. The number of carboxylic acids is 1. The van der Waals surface area contributed by atoms with Crippen molar-refractivity contribution in [1.29, 1.82) is 0 Å². The van der Waals surface area contributed by atoms with Crippen LogP contribution in [0.4, 0.5) is 0 Å². The van der Waals surface area contributed by atoms with E-state index in [0.717, 1.165) is 5.56 Å². The number of carboxylic acid groups (broad SMARTS) is 1. The van der Waals surface area contributed by atoms with Crippen LogP contribution in [0.25, 0.3) is 0 Å². The minimum atomic E-state index is -1.12. The molecule has 0 spiro atoms. The number of carbonyl (C=O) groups is 2. The zero-order valence-electron chi connectivity index (χ0n) is 10.9. The monoisotopic (exact) mass is 305 g/mol. The molecule has 1 aromatic carbocycles. The molecule has 6 nitrogen and oxygen atoms in total. The first-order valence-corrected chi connectivity index (χ1v) is 6.49. The van der Waals surface area contributed by atoms with E-state index in [0.29, 0.717) is 0 Å². The number of amides is 1. The number of aliphatic carboxylic acids is 1. The van der Waals surface area contributed by atoms with E-state index in [1.54, 1.807) is 24.3 Å². The highest BCUT2D eigenvalue weighted by molar-refractivity contribution is 6.29. The van der Waals surface area contributed by atoms with Gasteiger partial charge in [-0.15, -0.1) is 0 Å². The first-order chi connectivity index (χ1) is 10.1. The Kier molecular flexibility index (Phi) is 4.84. The predicted octanol–water partition coefficient (Wildman–Crippen LogP) is 1.56. The van der Waals surface area contributed by atoms with Gasteiger partial charge in [0.15, 0.2) is 0 Å². The third-order valence-corrected chi connectivity index (χ3v) is 2.91. The van der Waals surface area contributed by atoms with Crippen LogP contribution >= 0.6 is 11.6 Å². The summed E-state index contributed by atoms with van der Waals surface area (Å²) < 4.78 is 0. The highest BCUT2D eigenvalue weighted by Crippen LogP contribution is 2.06. The van der Waals surface area contributed by atoms with E-state index in [-0.39, 0.29) is 17.3 Å². The van der Waals surface area contributed by atoms with E-state index in [2.05, 4.69) is 15.3 Å². The molecule has 1 aromatic heterocycles. The summed E-state index contributed by atoms with van der Waals surface area (Å²) in [5.41, 5.74) is 0.782. The van der Waals surface area contributed by atoms with E-state index < -0.39 is 17.9 Å². The standard InChI is InChI=1S/C14H12ClN3O3/c15-12-8-16-7-11(17-12)13(19)18-10(14(20)21)6-9-4-2-1-3-5-9/h1-5,7-8,10H,6H2,(H,18,19)(H,20,21)/t10-/m0/s1. The molecule has 1 amide bonds. The molecule has 1 heterocycles. The average molecular weight is 306 g/mol. The molecule has 2 N–H and O–H groups in total. The van der Waals surface area contributed by atoms with E-state index >= 15 is 0 Å². The van der Waals surface area contributed by atoms with Gasteiger partial charge in [-0.05, 0) is 5.56 Å². The number of nitrogens with zero attached hydrogens (tertiary/aromatic N) is 2. The molecule has 0 unspecified atom stereocenters. The summed E-state index contributed by atoms with van der Waals surface area (Å²) in [7, 11) is 0. The molecule has 0 fully saturated rings. The minimum Gasteiger partial charge on any atom is -0.480 e. The van der Waals surface area contributed by atoms with Crippen LogP contribution in [0.1, 0.15) is 16.1 Å². The zero-order chi connectivity index (χ0) is 15.2. The van der Waals surface area contributed by atoms with Crippen LogP contribution in [0.15, 0.2) is 42.7 Å². The molecular formula is C14H12ClN3O3. The summed E-state index contributed by atoms with van der Waals surface area (Å²) in [4.78, 5) is 30.8. The lowest BCUT2D eigenvalue weighted by molar-refractivity contribution is -0.139. The molecule has 0 saturated heterocycles. The second-order valence-electron chi connectivity index (χ2n) is 4.28. The maximum Gasteiger partial charge on any atom is 0.326 e. The molecule has 0 aliphatic rings. The van der Waals surface area contributed by atoms with Crippen LogP contribution in [0.5, 0.6) is 0 Å². The fourth-order valence-corrected chi connectivity index (χ4v) is 1.88. The van der Waals surface area contributed by atoms with Gasteiger partial charge < -0.3 is 10.4 Å². The summed E-state index contributed by atoms with van der Waals surface area (Å²) in [6.45, 7) is 0. The molecule has 0 radical (unpaired) electrons. The van der Waals surface area contributed by atoms with Gasteiger partial charge in [0.1, 0.15) is 16.9 Å². The van der Waals surface area contributed by atoms with Gasteiger partial charge in [-0.3, -0.25) is 9.78 Å². The van der Waals surface area contributed by atoms with Crippen molar-refractivity contribution >= 4 is 23.5 Å². The Labute approximate surface area is 125 Å². The highest BCUT2D eigenvalue weighted by Gasteiger charge is 2.21. The lowest BCUT2D eigenvalue weighted by atomic mass is 10.1. The molecule has 21 heavy (non-hydrogen) atoms. The smallest absolute Gasteiger partial charge is 0.326 e. The van der Waals surface area contributed by atoms with Gasteiger partial charge >= 0.3 is 5.97 Å². The zero-order valence-corrected chi connectivity index (χ0v) is 11.6. The molecule has 108 valence electrons. The van der Waals surface area contributed by atoms with Crippen molar-refractivity contribution in [2.45, 2.75) is 12.5 Å². The minimum absolute atomic E-state index is 0.0261. The van der Waals surface area contributed by atoms with Crippen LogP contribution < -0.4 is 5.32 Å². The number of hydrogen-bond acceptors (Lipinski definition) is 4. The fraction of sp³-hybridized carbons (Fsp3) is 0.143. The van der Waals surface area contributed by atoms with Crippen molar-refractivity contribution in [3.8, 4) is 0 Å². The van der Waals surface area contributed by atoms with Gasteiger partial charge in [0, 0.05) is 6.42 Å². The first kappa shape index (κ1) is 14.9. The average Bonchev–Trinajstić information content (AvgIpc) is 2.47. The van der Waals surface area contributed by atoms with Crippen molar-refractivity contribution in [2.75, 3.05) is 0 Å². The van der Waals surface area contributed by atoms with Gasteiger partial charge in [-0.25, -0.2) is 9.78 Å². The number of carbonyl (C=O) groups excluding carboxylic acids is 1. The van der Waals surface area contributed by atoms with Gasteiger partial charge in [-0.1, -0.05) is 41.9 Å². The molecule has 2 rings (SSSR count). The SMILES string of the molecule is O=C(N[C@@H](Cc1ccccc1)C(=O)O)c1cncc(Cl)n1. The van der Waals surface area contributed by atoms with Gasteiger partial charge in [0.25, 0.3) is 5.91 Å². The molecule has 1 atom stereocenters. The van der Waals surface area contributed by atoms with E-state index in [4.69, 9.17) is 11.6 Å². The number of halogens is 1. The third kappa shape index (κ3) is 4.25. The maximum atomic E-state index is 12.0. The molecule has 7 heteroatoms. The number of rotatable bonds is 5. The number of hydrogen-bond donors (Lipinski definition) is 2. The van der Waals surface area contributed by atoms with Crippen molar-refractivity contribution < 1.29 is 14.7 Å². The lowest BCUT2D eigenvalue weighted by Gasteiger charge is -2.14. The molecule has 0 aliphatic heterocycles. The van der Waals surface area contributed by atoms with Gasteiger partial charge in [0.2, 0.25) is 0 Å². The first-order valence-electron chi connectivity index (χ1n) is 6.11. The second kappa shape index (κ2) is 6.81. The van der Waals surface area contributed by atoms with Gasteiger partial charge in [0.05, 0.1) is 12.4 Å². The summed E-state index contributed by atoms with van der Waals surface area (Å²) in [6, 6.07) is 7.97. The van der Waals surface area contributed by atoms with Crippen LogP contribution in [0.2, 0.25) is 5.15 Å². The Morgan fingerprint density at radius 3 is 2.57 bits per heavy atom. The number of benzene rings is 1. The molecular weight excluding hydrogens is 294 g/mol. The van der Waals surface area contributed by atoms with Crippen molar-refractivity contribution in [1.82, 2.24) is 15.3 Å². The van der Waals surface area contributed by atoms with Crippen molar-refractivity contribution in [3.63, 3.8) is 0 Å². The van der Waals surface area contributed by atoms with E-state index in [1.807, 2.05) is 6.07 Å². The molecule has 0 saturated carbocycles. The lowest BCUT2D eigenvalue weighted by Crippen LogP contribution is -2.42. The quantitative estimate of drug-likeness (QED) is 0.874. The molecule has 0 bridgehead atoms. The van der Waals surface area contributed by atoms with Crippen LogP contribution in [0, 0.1) is 0 Å². The normalized spacial score (nSPS) is 11.7. The van der Waals surface area contributed by atoms with Crippen LogP contribution in [0.3, 0.4) is 0 Å². The summed E-state index contributed by atoms with van der Waals surface area (Å²) >= 11 is 5.65. The summed E-state index contributed by atoms with van der Waals surface area (Å²) in [5, 5.41) is 11.7. The number of nitrogens with one attached hydrogen (secondary N) is 1. The maximum absolute atomic E-state index is 12.0. The van der Waals surface area contributed by atoms with Crippen LogP contribution in [-0.4, -0.2) is 33.0 Å². The Hall–Kier alpha value is -2.47. The highest BCUT2D eigenvalue weighted by atomic mass is 35.5. The van der Waals surface area contributed by atoms with Crippen LogP contribution in [-0.2, 0) is 11.2 Å². The Bertz CT molecular complexity index is 649. The topological polar surface area (TPSA) is 92.2 Å². The van der Waals surface area contributed by atoms with Crippen molar-refractivity contribution in [3.05, 3.63) is 59.1 Å². The van der Waals surface area contributed by atoms with Gasteiger partial charge in [-0.2, -0.15) is 0 Å². The fourth-order valence-electron chi connectivity index (χ4n) is 1.73. The van der Waals surface area contributed by atoms with E-state index in [1.165, 1.54) is 12.4 Å². The Morgan fingerprint density at radius 2 is 1.95 bits per heavy atom. The summed E-state index contributed by atoms with van der Waals surface area (Å²) in [6.07, 6.45) is 2.69. The van der Waals surface area contributed by atoms with Crippen molar-refractivity contribution in [2.24, 2.45) is 0 Å². The number of aromatic nitrogens is 2. The molecule has 0 aliphatic carbocycles. The van der Waals surface area contributed by atoms with E-state index in [9.17, 15) is 14.7 Å². The molecule has 2 aromatic rings. The third-order valence-electron chi connectivity index (χ3n) is 2.72. The summed E-state index contributed by atoms with van der Waals surface area (Å²) in [5.74, 6) is -1.75. The predicted molar refractivity (Wildman–Crippen MR) is 76.1 cm³/mol. The largest absolute Gasteiger partial charge is 0.480 e.